The van der Waals surface area contributed by atoms with E-state index < -0.39 is 0 Å². The fraction of sp³-hybridized carbons (Fsp3) is 0.583. The van der Waals surface area contributed by atoms with Gasteiger partial charge in [-0.15, -0.1) is 11.3 Å². The molecule has 5 heteroatoms. The van der Waals surface area contributed by atoms with Crippen LogP contribution >= 0.6 is 11.3 Å². The third kappa shape index (κ3) is 6.39. The lowest BCUT2D eigenvalue weighted by Gasteiger charge is -2.09. The summed E-state index contributed by atoms with van der Waals surface area (Å²) in [6, 6.07) is 4.05. The van der Waals surface area contributed by atoms with Crippen LogP contribution in [0.3, 0.4) is 0 Å². The molecule has 1 rings (SSSR count). The van der Waals surface area contributed by atoms with E-state index in [1.54, 1.807) is 11.3 Å². The van der Waals surface area contributed by atoms with Gasteiger partial charge in [0.2, 0.25) is 0 Å². The van der Waals surface area contributed by atoms with Crippen LogP contribution in [0.15, 0.2) is 11.4 Å². The molecule has 0 bridgehead atoms. The van der Waals surface area contributed by atoms with Gasteiger partial charge in [-0.25, -0.2) is 0 Å². The number of hydrogen-bond acceptors (Lipinski definition) is 5. The highest BCUT2D eigenvalue weighted by molar-refractivity contribution is 7.10. The van der Waals surface area contributed by atoms with Crippen molar-refractivity contribution in [3.8, 4) is 6.07 Å². The fourth-order valence-corrected chi connectivity index (χ4v) is 2.02. The van der Waals surface area contributed by atoms with E-state index in [0.29, 0.717) is 0 Å². The normalized spacial score (nSPS) is 10.7. The molecule has 0 aromatic carbocycles. The van der Waals surface area contributed by atoms with Crippen molar-refractivity contribution in [1.82, 2.24) is 10.2 Å². The number of rotatable bonds is 8. The highest BCUT2D eigenvalue weighted by Gasteiger charge is 1.98. The zero-order chi connectivity index (χ0) is 12.5. The van der Waals surface area contributed by atoms with E-state index in [9.17, 15) is 0 Å². The number of hydrogen-bond donors (Lipinski definition) is 1. The molecule has 1 heterocycles. The molecule has 0 atom stereocenters. The van der Waals surface area contributed by atoms with Crippen LogP contribution in [-0.4, -0.2) is 45.3 Å². The minimum atomic E-state index is 0.727. The van der Waals surface area contributed by atoms with Crippen molar-refractivity contribution in [1.29, 1.82) is 5.26 Å². The summed E-state index contributed by atoms with van der Waals surface area (Å²) >= 11 is 1.61. The zero-order valence-electron chi connectivity index (χ0n) is 10.4. The number of ether oxygens (including phenoxy) is 1. The van der Waals surface area contributed by atoms with Gasteiger partial charge in [0.1, 0.15) is 6.07 Å². The fourth-order valence-electron chi connectivity index (χ4n) is 1.24. The second kappa shape index (κ2) is 8.20. The smallest absolute Gasteiger partial charge is 0.100 e. The van der Waals surface area contributed by atoms with Crippen molar-refractivity contribution in [2.75, 3.05) is 40.4 Å². The Bertz CT molecular complexity index is 357. The van der Waals surface area contributed by atoms with Gasteiger partial charge in [-0.3, -0.25) is 0 Å². The van der Waals surface area contributed by atoms with Crippen LogP contribution in [0.1, 0.15) is 10.4 Å². The lowest BCUT2D eigenvalue weighted by Crippen LogP contribution is -2.22. The third-order valence-electron chi connectivity index (χ3n) is 2.19. The summed E-state index contributed by atoms with van der Waals surface area (Å²) < 4.78 is 5.46. The van der Waals surface area contributed by atoms with E-state index in [1.165, 1.54) is 4.88 Å². The summed E-state index contributed by atoms with van der Waals surface area (Å²) in [6.45, 7) is 4.10. The lowest BCUT2D eigenvalue weighted by atomic mass is 10.3. The minimum absolute atomic E-state index is 0.727. The molecule has 0 fully saturated rings. The van der Waals surface area contributed by atoms with E-state index in [-0.39, 0.29) is 0 Å². The Balaban J connectivity index is 1.99. The summed E-state index contributed by atoms with van der Waals surface area (Å²) in [5.41, 5.74) is 0.744. The first-order chi connectivity index (χ1) is 8.22. The van der Waals surface area contributed by atoms with Crippen LogP contribution < -0.4 is 5.32 Å². The largest absolute Gasteiger partial charge is 0.379 e. The standard InChI is InChI=1S/C12H19N3OS/c1-15(2)4-6-16-5-3-14-9-12-7-11(8-13)10-17-12/h7,10,14H,3-6,9H2,1-2H3. The first-order valence-electron chi connectivity index (χ1n) is 5.63. The van der Waals surface area contributed by atoms with Crippen LogP contribution in [0, 0.1) is 11.3 Å². The molecule has 1 N–H and O–H groups in total. The molecule has 0 aliphatic carbocycles. The van der Waals surface area contributed by atoms with Crippen LogP contribution in [0.25, 0.3) is 0 Å². The third-order valence-corrected chi connectivity index (χ3v) is 3.12. The first kappa shape index (κ1) is 14.1. The molecule has 0 radical (unpaired) electrons. The van der Waals surface area contributed by atoms with Crippen LogP contribution in [0.5, 0.6) is 0 Å². The average Bonchev–Trinajstić information content (AvgIpc) is 2.75. The number of thiophene rings is 1. The molecule has 1 aromatic heterocycles. The summed E-state index contributed by atoms with van der Waals surface area (Å²) in [5.74, 6) is 0. The Kier molecular flexibility index (Phi) is 6.82. The zero-order valence-corrected chi connectivity index (χ0v) is 11.2. The molecule has 0 aliphatic rings. The minimum Gasteiger partial charge on any atom is -0.379 e. The van der Waals surface area contributed by atoms with Crippen LogP contribution in [0.4, 0.5) is 0 Å². The Morgan fingerprint density at radius 2 is 2.29 bits per heavy atom. The summed E-state index contributed by atoms with van der Waals surface area (Å²) in [7, 11) is 4.07. The van der Waals surface area contributed by atoms with Gasteiger partial charge >= 0.3 is 0 Å². The molecule has 94 valence electrons. The first-order valence-corrected chi connectivity index (χ1v) is 6.51. The second-order valence-corrected chi connectivity index (χ2v) is 5.00. The van der Waals surface area contributed by atoms with Gasteiger partial charge in [-0.2, -0.15) is 5.26 Å². The Labute approximate surface area is 107 Å². The van der Waals surface area contributed by atoms with E-state index in [2.05, 4.69) is 16.3 Å². The van der Waals surface area contributed by atoms with Crippen molar-refractivity contribution in [3.63, 3.8) is 0 Å². The number of nitriles is 1. The molecule has 0 spiro atoms. The monoisotopic (exact) mass is 253 g/mol. The highest BCUT2D eigenvalue weighted by Crippen LogP contribution is 2.12. The van der Waals surface area contributed by atoms with Gasteiger partial charge in [0.25, 0.3) is 0 Å². The second-order valence-electron chi connectivity index (χ2n) is 4.01. The number of nitrogens with zero attached hydrogens (tertiary/aromatic N) is 2. The van der Waals surface area contributed by atoms with Crippen molar-refractivity contribution in [2.45, 2.75) is 6.54 Å². The maximum absolute atomic E-state index is 8.68. The van der Waals surface area contributed by atoms with Gasteiger partial charge in [-0.1, -0.05) is 0 Å². The molecular formula is C12H19N3OS. The maximum atomic E-state index is 8.68. The van der Waals surface area contributed by atoms with E-state index in [0.717, 1.165) is 38.4 Å². The highest BCUT2D eigenvalue weighted by atomic mass is 32.1. The van der Waals surface area contributed by atoms with Crippen LogP contribution in [-0.2, 0) is 11.3 Å². The SMILES string of the molecule is CN(C)CCOCCNCc1cc(C#N)cs1. The quantitative estimate of drug-likeness (QED) is 0.709. The van der Waals surface area contributed by atoms with Gasteiger partial charge in [0.05, 0.1) is 18.8 Å². The topological polar surface area (TPSA) is 48.3 Å². The summed E-state index contributed by atoms with van der Waals surface area (Å²) in [6.07, 6.45) is 0. The van der Waals surface area contributed by atoms with Crippen LogP contribution in [0.2, 0.25) is 0 Å². The predicted octanol–water partition coefficient (Wildman–Crippen LogP) is 1.29. The molecule has 0 aliphatic heterocycles. The van der Waals surface area contributed by atoms with Gasteiger partial charge in [-0.05, 0) is 20.2 Å². The van der Waals surface area contributed by atoms with Gasteiger partial charge in [0.15, 0.2) is 0 Å². The van der Waals surface area contributed by atoms with E-state index in [4.69, 9.17) is 10.00 Å². The average molecular weight is 253 g/mol. The summed E-state index contributed by atoms with van der Waals surface area (Å²) in [5, 5.41) is 13.8. The molecule has 4 nitrogen and oxygen atoms in total. The van der Waals surface area contributed by atoms with Crippen molar-refractivity contribution >= 4 is 11.3 Å². The molecular weight excluding hydrogens is 234 g/mol. The van der Waals surface area contributed by atoms with Crippen molar-refractivity contribution < 1.29 is 4.74 Å². The molecule has 1 aromatic rings. The van der Waals surface area contributed by atoms with Gasteiger partial charge < -0.3 is 15.0 Å². The van der Waals surface area contributed by atoms with Crippen molar-refractivity contribution in [3.05, 3.63) is 21.9 Å². The Morgan fingerprint density at radius 3 is 2.94 bits per heavy atom. The summed E-state index contributed by atoms with van der Waals surface area (Å²) in [4.78, 5) is 3.29. The lowest BCUT2D eigenvalue weighted by molar-refractivity contribution is 0.119. The molecule has 0 unspecified atom stereocenters. The molecule has 0 amide bonds. The van der Waals surface area contributed by atoms with E-state index >= 15 is 0 Å². The number of nitrogens with one attached hydrogen (secondary N) is 1. The molecule has 17 heavy (non-hydrogen) atoms. The number of likely N-dealkylation sites (N-methyl/N-ethyl adjacent to an activating group) is 1. The van der Waals surface area contributed by atoms with E-state index in [1.807, 2.05) is 25.5 Å². The Hall–Kier alpha value is -0.930. The Morgan fingerprint density at radius 1 is 1.47 bits per heavy atom. The van der Waals surface area contributed by atoms with Crippen molar-refractivity contribution in [2.24, 2.45) is 0 Å². The predicted molar refractivity (Wildman–Crippen MR) is 70.1 cm³/mol. The maximum Gasteiger partial charge on any atom is 0.100 e. The molecule has 0 saturated heterocycles. The molecule has 0 saturated carbocycles. The van der Waals surface area contributed by atoms with Gasteiger partial charge in [0, 0.05) is 29.9 Å².